The van der Waals surface area contributed by atoms with Crippen LogP contribution in [-0.2, 0) is 9.47 Å². The van der Waals surface area contributed by atoms with Gasteiger partial charge in [-0.3, -0.25) is 0 Å². The van der Waals surface area contributed by atoms with Gasteiger partial charge in [-0.05, 0) is 6.42 Å². The zero-order valence-electron chi connectivity index (χ0n) is 8.98. The second kappa shape index (κ2) is 7.76. The summed E-state index contributed by atoms with van der Waals surface area (Å²) >= 11 is 0. The fourth-order valence-electron chi connectivity index (χ4n) is 0.764. The average molecular weight is 225 g/mol. The third-order valence-electron chi connectivity index (χ3n) is 1.76. The van der Waals surface area contributed by atoms with Gasteiger partial charge in [0.2, 0.25) is 0 Å². The van der Waals surface area contributed by atoms with Crippen molar-refractivity contribution in [3.63, 3.8) is 0 Å². The first-order valence-electron chi connectivity index (χ1n) is 5.01. The van der Waals surface area contributed by atoms with Crippen LogP contribution in [0.15, 0.2) is 12.1 Å². The summed E-state index contributed by atoms with van der Waals surface area (Å²) in [6, 6.07) is 0. The second-order valence-corrected chi connectivity index (χ2v) is 3.25. The Kier molecular flexibility index (Phi) is 7.51. The van der Waals surface area contributed by atoms with Crippen LogP contribution in [0.25, 0.3) is 0 Å². The first-order chi connectivity index (χ1) is 6.98. The molecule has 0 saturated heterocycles. The van der Waals surface area contributed by atoms with Gasteiger partial charge in [0.15, 0.2) is 0 Å². The highest BCUT2D eigenvalue weighted by Gasteiger charge is 2.26. The standard InChI is InChI=1S/C9H17BF3O2/c1-3-4-5-14-6-7-15-8-9(2)10(11,12)13/h2-8H2,1H3/q-1. The van der Waals surface area contributed by atoms with Crippen LogP contribution >= 0.6 is 0 Å². The average Bonchev–Trinajstić information content (AvgIpc) is 2.14. The molecule has 0 aromatic rings. The summed E-state index contributed by atoms with van der Waals surface area (Å²) in [5.74, 6) is 0. The Morgan fingerprint density at radius 3 is 2.27 bits per heavy atom. The van der Waals surface area contributed by atoms with E-state index in [1.165, 1.54) is 0 Å². The van der Waals surface area contributed by atoms with Gasteiger partial charge >= 0.3 is 6.98 Å². The topological polar surface area (TPSA) is 18.5 Å². The van der Waals surface area contributed by atoms with Crippen LogP contribution in [0.5, 0.6) is 0 Å². The van der Waals surface area contributed by atoms with Gasteiger partial charge in [0, 0.05) is 13.2 Å². The first-order valence-corrected chi connectivity index (χ1v) is 5.01. The van der Waals surface area contributed by atoms with Gasteiger partial charge < -0.3 is 22.4 Å². The van der Waals surface area contributed by atoms with Crippen LogP contribution in [0, 0.1) is 0 Å². The van der Waals surface area contributed by atoms with E-state index in [4.69, 9.17) is 9.47 Å². The molecular formula is C9H17BF3O2-. The Bertz CT molecular complexity index is 183. The predicted molar refractivity (Wildman–Crippen MR) is 54.8 cm³/mol. The van der Waals surface area contributed by atoms with Crippen molar-refractivity contribution in [1.29, 1.82) is 0 Å². The maximum absolute atomic E-state index is 12.0. The molecular weight excluding hydrogens is 208 g/mol. The molecule has 0 heterocycles. The van der Waals surface area contributed by atoms with E-state index < -0.39 is 19.1 Å². The highest BCUT2D eigenvalue weighted by molar-refractivity contribution is 6.66. The van der Waals surface area contributed by atoms with Crippen molar-refractivity contribution in [3.05, 3.63) is 12.1 Å². The van der Waals surface area contributed by atoms with Gasteiger partial charge in [-0.1, -0.05) is 13.3 Å². The molecule has 0 aliphatic carbocycles. The molecule has 0 atom stereocenters. The monoisotopic (exact) mass is 225 g/mol. The summed E-state index contributed by atoms with van der Waals surface area (Å²) < 4.78 is 45.8. The van der Waals surface area contributed by atoms with Gasteiger partial charge in [0.25, 0.3) is 0 Å². The molecule has 0 amide bonds. The van der Waals surface area contributed by atoms with Crippen molar-refractivity contribution in [2.45, 2.75) is 19.8 Å². The van der Waals surface area contributed by atoms with Crippen LogP contribution in [0.2, 0.25) is 0 Å². The van der Waals surface area contributed by atoms with E-state index in [0.717, 1.165) is 12.8 Å². The van der Waals surface area contributed by atoms with Crippen LogP contribution in [0.1, 0.15) is 19.8 Å². The summed E-state index contributed by atoms with van der Waals surface area (Å²) in [5.41, 5.74) is -0.802. The van der Waals surface area contributed by atoms with E-state index in [9.17, 15) is 12.9 Å². The molecule has 90 valence electrons. The number of hydrogen-bond acceptors (Lipinski definition) is 2. The Morgan fingerprint density at radius 2 is 1.73 bits per heavy atom. The highest BCUT2D eigenvalue weighted by Crippen LogP contribution is 2.17. The van der Waals surface area contributed by atoms with E-state index in [0.29, 0.717) is 13.2 Å². The van der Waals surface area contributed by atoms with Crippen LogP contribution in [0.3, 0.4) is 0 Å². The van der Waals surface area contributed by atoms with Crippen molar-refractivity contribution < 1.29 is 22.4 Å². The second-order valence-electron chi connectivity index (χ2n) is 3.25. The molecule has 6 heteroatoms. The third-order valence-corrected chi connectivity index (χ3v) is 1.76. The maximum Gasteiger partial charge on any atom is 0.507 e. The zero-order chi connectivity index (χ0) is 11.7. The lowest BCUT2D eigenvalue weighted by Crippen LogP contribution is -2.23. The zero-order valence-corrected chi connectivity index (χ0v) is 8.98. The molecule has 2 nitrogen and oxygen atoms in total. The van der Waals surface area contributed by atoms with Crippen molar-refractivity contribution in [1.82, 2.24) is 0 Å². The molecule has 0 spiro atoms. The molecule has 0 aliphatic rings. The van der Waals surface area contributed by atoms with E-state index >= 15 is 0 Å². The molecule has 0 rings (SSSR count). The van der Waals surface area contributed by atoms with Gasteiger partial charge in [-0.25, -0.2) is 0 Å². The molecule has 0 aromatic heterocycles. The summed E-state index contributed by atoms with van der Waals surface area (Å²) in [5, 5.41) is 0. The minimum absolute atomic E-state index is 0.175. The van der Waals surface area contributed by atoms with E-state index in [2.05, 4.69) is 6.58 Å². The number of ether oxygens (including phenoxy) is 2. The van der Waals surface area contributed by atoms with E-state index in [1.807, 2.05) is 6.92 Å². The lowest BCUT2D eigenvalue weighted by Gasteiger charge is -2.17. The largest absolute Gasteiger partial charge is 0.507 e. The molecule has 0 bridgehead atoms. The molecule has 0 aliphatic heterocycles. The number of halogens is 3. The Balaban J connectivity index is 3.28. The van der Waals surface area contributed by atoms with Gasteiger partial charge in [-0.2, -0.15) is 0 Å². The van der Waals surface area contributed by atoms with Gasteiger partial charge in [-0.15, -0.1) is 12.1 Å². The van der Waals surface area contributed by atoms with Crippen molar-refractivity contribution in [2.75, 3.05) is 26.4 Å². The molecule has 15 heavy (non-hydrogen) atoms. The van der Waals surface area contributed by atoms with E-state index in [1.54, 1.807) is 0 Å². The Labute approximate surface area is 88.5 Å². The fourth-order valence-corrected chi connectivity index (χ4v) is 0.764. The van der Waals surface area contributed by atoms with Crippen LogP contribution in [0.4, 0.5) is 12.9 Å². The van der Waals surface area contributed by atoms with Crippen LogP contribution in [-0.4, -0.2) is 33.4 Å². The first kappa shape index (κ1) is 14.5. The van der Waals surface area contributed by atoms with Crippen molar-refractivity contribution in [2.24, 2.45) is 0 Å². The molecule has 0 N–H and O–H groups in total. The van der Waals surface area contributed by atoms with Crippen molar-refractivity contribution >= 4 is 6.98 Å². The number of hydrogen-bond donors (Lipinski definition) is 0. The van der Waals surface area contributed by atoms with Crippen molar-refractivity contribution in [3.8, 4) is 0 Å². The lowest BCUT2D eigenvalue weighted by molar-refractivity contribution is 0.0555. The molecule has 0 aromatic carbocycles. The number of unbranched alkanes of at least 4 members (excludes halogenated alkanes) is 1. The Hall–Kier alpha value is -0.485. The minimum Gasteiger partial charge on any atom is -0.445 e. The van der Waals surface area contributed by atoms with Gasteiger partial charge in [0.05, 0.1) is 13.2 Å². The minimum atomic E-state index is -4.96. The smallest absolute Gasteiger partial charge is 0.445 e. The lowest BCUT2D eigenvalue weighted by atomic mass is 9.81. The summed E-state index contributed by atoms with van der Waals surface area (Å²) in [6.45, 7) is 0.663. The number of rotatable bonds is 9. The van der Waals surface area contributed by atoms with E-state index in [-0.39, 0.29) is 6.61 Å². The fraction of sp³-hybridized carbons (Fsp3) is 0.778. The highest BCUT2D eigenvalue weighted by atomic mass is 19.4. The molecule has 0 fully saturated rings. The summed E-state index contributed by atoms with van der Waals surface area (Å²) in [6.07, 6.45) is 1.99. The van der Waals surface area contributed by atoms with Gasteiger partial charge in [0.1, 0.15) is 0 Å². The Morgan fingerprint density at radius 1 is 1.13 bits per heavy atom. The predicted octanol–water partition coefficient (Wildman–Crippen LogP) is 2.76. The molecule has 0 radical (unpaired) electrons. The maximum atomic E-state index is 12.0. The quantitative estimate of drug-likeness (QED) is 0.443. The molecule has 0 saturated carbocycles. The summed E-state index contributed by atoms with van der Waals surface area (Å²) in [7, 11) is 0. The normalized spacial score (nSPS) is 11.7. The van der Waals surface area contributed by atoms with Crippen LogP contribution < -0.4 is 0 Å². The third kappa shape index (κ3) is 8.51. The summed E-state index contributed by atoms with van der Waals surface area (Å²) in [4.78, 5) is 0. The molecule has 0 unspecified atom stereocenters. The SMILES string of the molecule is C=C(COCCOCCCC)[B-](F)(F)F.